The minimum absolute atomic E-state index is 0.515. The number of benzene rings is 2. The lowest BCUT2D eigenvalue weighted by Crippen LogP contribution is -1.91. The lowest BCUT2D eigenvalue weighted by molar-refractivity contribution is 0.112. The summed E-state index contributed by atoms with van der Waals surface area (Å²) in [5, 5.41) is 2.97. The Labute approximate surface area is 148 Å². The van der Waals surface area contributed by atoms with E-state index in [2.05, 4.69) is 46.5 Å². The number of thiophene rings is 1. The molecule has 0 unspecified atom stereocenters. The molecule has 0 bridgehead atoms. The molecule has 2 aromatic heterocycles. The van der Waals surface area contributed by atoms with Gasteiger partial charge in [-0.25, -0.2) is 9.97 Å². The molecule has 2 aromatic carbocycles. The molecule has 0 aliphatic heterocycles. The van der Waals surface area contributed by atoms with Gasteiger partial charge in [-0.3, -0.25) is 4.79 Å². The smallest absolute Gasteiger partial charge is 0.231 e. The first-order valence-corrected chi connectivity index (χ1v) is 8.65. The van der Waals surface area contributed by atoms with Crippen LogP contribution in [0.2, 0.25) is 0 Å². The van der Waals surface area contributed by atoms with Crippen LogP contribution in [0.4, 0.5) is 0 Å². The molecule has 0 N–H and O–H groups in total. The van der Waals surface area contributed by atoms with E-state index in [-0.39, 0.29) is 0 Å². The number of carbonyl (C=O) groups excluding carboxylic acids is 1. The fourth-order valence-corrected chi connectivity index (χ4v) is 3.50. The van der Waals surface area contributed by atoms with Crippen LogP contribution in [-0.2, 0) is 0 Å². The summed E-state index contributed by atoms with van der Waals surface area (Å²) in [5.41, 5.74) is 3.98. The van der Waals surface area contributed by atoms with Gasteiger partial charge in [0.1, 0.15) is 23.2 Å². The molecule has 122 valence electrons. The zero-order chi connectivity index (χ0) is 17.2. The second-order valence-electron chi connectivity index (χ2n) is 5.66. The van der Waals surface area contributed by atoms with E-state index >= 15 is 0 Å². The molecule has 0 aliphatic rings. The van der Waals surface area contributed by atoms with E-state index in [1.807, 2.05) is 0 Å². The van der Waals surface area contributed by atoms with E-state index in [1.165, 1.54) is 11.9 Å². The normalized spacial score (nSPS) is 10.8. The summed E-state index contributed by atoms with van der Waals surface area (Å²) >= 11 is 1.57. The van der Waals surface area contributed by atoms with Crippen molar-refractivity contribution in [3.8, 4) is 22.8 Å². The van der Waals surface area contributed by atoms with Gasteiger partial charge in [-0.1, -0.05) is 29.8 Å². The molecule has 0 atom stereocenters. The molecule has 2 heterocycles. The largest absolute Gasteiger partial charge is 0.438 e. The van der Waals surface area contributed by atoms with Crippen LogP contribution in [0.1, 0.15) is 15.9 Å². The first kappa shape index (κ1) is 15.5. The molecule has 0 saturated carbocycles. The molecule has 4 aromatic rings. The van der Waals surface area contributed by atoms with Crippen molar-refractivity contribution in [2.45, 2.75) is 6.92 Å². The second-order valence-corrected chi connectivity index (χ2v) is 6.52. The monoisotopic (exact) mass is 346 g/mol. The molecule has 4 rings (SSSR count). The predicted octanol–water partition coefficient (Wildman–Crippen LogP) is 5.27. The topological polar surface area (TPSA) is 52.1 Å². The van der Waals surface area contributed by atoms with Gasteiger partial charge in [0.2, 0.25) is 5.88 Å². The third-order valence-corrected chi connectivity index (χ3v) is 4.82. The summed E-state index contributed by atoms with van der Waals surface area (Å²) in [6.07, 6.45) is 2.31. The average molecular weight is 346 g/mol. The predicted molar refractivity (Wildman–Crippen MR) is 99.5 cm³/mol. The highest BCUT2D eigenvalue weighted by atomic mass is 32.1. The van der Waals surface area contributed by atoms with Crippen LogP contribution in [0.5, 0.6) is 11.6 Å². The number of fused-ring (bicyclic) bond motifs is 1. The number of aldehydes is 1. The van der Waals surface area contributed by atoms with E-state index in [0.29, 0.717) is 17.2 Å². The summed E-state index contributed by atoms with van der Waals surface area (Å²) in [5.74, 6) is 1.15. The number of nitrogens with zero attached hydrogens (tertiary/aromatic N) is 2. The highest BCUT2D eigenvalue weighted by Crippen LogP contribution is 2.38. The Hall–Kier alpha value is -3.05. The van der Waals surface area contributed by atoms with Crippen LogP contribution in [0.3, 0.4) is 0 Å². The minimum atomic E-state index is 0.515. The maximum atomic E-state index is 10.8. The summed E-state index contributed by atoms with van der Waals surface area (Å²) in [6, 6.07) is 15.3. The van der Waals surface area contributed by atoms with Gasteiger partial charge in [-0.05, 0) is 36.8 Å². The highest BCUT2D eigenvalue weighted by molar-refractivity contribution is 7.17. The summed E-state index contributed by atoms with van der Waals surface area (Å²) in [4.78, 5) is 20.3. The number of carbonyl (C=O) groups is 1. The Morgan fingerprint density at radius 3 is 2.48 bits per heavy atom. The van der Waals surface area contributed by atoms with Crippen molar-refractivity contribution < 1.29 is 9.53 Å². The van der Waals surface area contributed by atoms with Gasteiger partial charge in [-0.15, -0.1) is 11.3 Å². The van der Waals surface area contributed by atoms with E-state index in [0.717, 1.165) is 27.6 Å². The van der Waals surface area contributed by atoms with Gasteiger partial charge in [-0.2, -0.15) is 0 Å². The van der Waals surface area contributed by atoms with E-state index in [1.54, 1.807) is 35.6 Å². The fourth-order valence-electron chi connectivity index (χ4n) is 2.60. The lowest BCUT2D eigenvalue weighted by Gasteiger charge is -2.08. The molecular formula is C20H14N2O2S. The summed E-state index contributed by atoms with van der Waals surface area (Å²) in [7, 11) is 0. The first-order chi connectivity index (χ1) is 12.2. The number of aromatic nitrogens is 2. The minimum Gasteiger partial charge on any atom is -0.438 e. The molecule has 4 nitrogen and oxygen atoms in total. The first-order valence-electron chi connectivity index (χ1n) is 7.77. The number of rotatable bonds is 4. The van der Waals surface area contributed by atoms with Crippen molar-refractivity contribution in [1.82, 2.24) is 9.97 Å². The van der Waals surface area contributed by atoms with Gasteiger partial charge in [0.25, 0.3) is 0 Å². The van der Waals surface area contributed by atoms with Crippen molar-refractivity contribution in [1.29, 1.82) is 0 Å². The van der Waals surface area contributed by atoms with Gasteiger partial charge in [0, 0.05) is 16.5 Å². The van der Waals surface area contributed by atoms with Crippen LogP contribution in [0.15, 0.2) is 60.2 Å². The van der Waals surface area contributed by atoms with E-state index in [4.69, 9.17) is 4.74 Å². The van der Waals surface area contributed by atoms with Crippen molar-refractivity contribution in [2.24, 2.45) is 0 Å². The standard InChI is InChI=1S/C20H14N2O2S/c1-13-2-6-15(7-3-13)17-11-25-20-18(17)19(21-12-22-20)24-16-8-4-14(10-23)5-9-16/h2-12H,1H3. The quantitative estimate of drug-likeness (QED) is 0.472. The molecule has 0 amide bonds. The number of ether oxygens (including phenoxy) is 1. The van der Waals surface area contributed by atoms with Crippen LogP contribution in [0, 0.1) is 6.92 Å². The number of hydrogen-bond acceptors (Lipinski definition) is 5. The molecule has 5 heteroatoms. The van der Waals surface area contributed by atoms with Crippen LogP contribution < -0.4 is 4.74 Å². The van der Waals surface area contributed by atoms with Gasteiger partial charge in [0.15, 0.2) is 0 Å². The molecule has 0 fully saturated rings. The van der Waals surface area contributed by atoms with Gasteiger partial charge in [0.05, 0.1) is 5.39 Å². The third-order valence-electron chi connectivity index (χ3n) is 3.93. The van der Waals surface area contributed by atoms with Crippen LogP contribution in [-0.4, -0.2) is 16.3 Å². The molecule has 25 heavy (non-hydrogen) atoms. The Kier molecular flexibility index (Phi) is 3.99. The van der Waals surface area contributed by atoms with Crippen molar-refractivity contribution in [3.63, 3.8) is 0 Å². The second kappa shape index (κ2) is 6.45. The highest BCUT2D eigenvalue weighted by Gasteiger charge is 2.14. The zero-order valence-corrected chi connectivity index (χ0v) is 14.3. The maximum Gasteiger partial charge on any atom is 0.231 e. The van der Waals surface area contributed by atoms with Crippen molar-refractivity contribution >= 4 is 27.8 Å². The van der Waals surface area contributed by atoms with E-state index in [9.17, 15) is 4.79 Å². The summed E-state index contributed by atoms with van der Waals surface area (Å²) < 4.78 is 5.97. The third kappa shape index (κ3) is 3.02. The van der Waals surface area contributed by atoms with Gasteiger partial charge < -0.3 is 4.74 Å². The Morgan fingerprint density at radius 2 is 1.76 bits per heavy atom. The molecule has 0 aliphatic carbocycles. The Balaban J connectivity index is 1.79. The maximum absolute atomic E-state index is 10.8. The number of aryl methyl sites for hydroxylation is 1. The Bertz CT molecular complexity index is 1040. The van der Waals surface area contributed by atoms with E-state index < -0.39 is 0 Å². The average Bonchev–Trinajstić information content (AvgIpc) is 3.08. The molecule has 0 spiro atoms. The molecule has 0 radical (unpaired) electrons. The zero-order valence-electron chi connectivity index (χ0n) is 13.5. The van der Waals surface area contributed by atoms with Gasteiger partial charge >= 0.3 is 0 Å². The lowest BCUT2D eigenvalue weighted by atomic mass is 10.0. The molecular weight excluding hydrogens is 332 g/mol. The SMILES string of the molecule is Cc1ccc(-c2csc3ncnc(Oc4ccc(C=O)cc4)c23)cc1. The Morgan fingerprint density at radius 1 is 1.00 bits per heavy atom. The van der Waals surface area contributed by atoms with Crippen molar-refractivity contribution in [2.75, 3.05) is 0 Å². The van der Waals surface area contributed by atoms with Crippen LogP contribution in [0.25, 0.3) is 21.3 Å². The fraction of sp³-hybridized carbons (Fsp3) is 0.0500. The van der Waals surface area contributed by atoms with Crippen LogP contribution >= 0.6 is 11.3 Å². The molecule has 0 saturated heterocycles. The van der Waals surface area contributed by atoms with Crippen molar-refractivity contribution in [3.05, 3.63) is 71.4 Å². The number of hydrogen-bond donors (Lipinski definition) is 0. The summed E-state index contributed by atoms with van der Waals surface area (Å²) in [6.45, 7) is 2.07.